The first-order valence-corrected chi connectivity index (χ1v) is 7.15. The van der Waals surface area contributed by atoms with Crippen molar-refractivity contribution in [1.29, 1.82) is 0 Å². The van der Waals surface area contributed by atoms with Crippen LogP contribution >= 0.6 is 0 Å². The van der Waals surface area contributed by atoms with Gasteiger partial charge in [-0.1, -0.05) is 25.1 Å². The average molecular weight is 277 g/mol. The van der Waals surface area contributed by atoms with Gasteiger partial charge in [-0.2, -0.15) is 0 Å². The summed E-state index contributed by atoms with van der Waals surface area (Å²) < 4.78 is 0. The van der Waals surface area contributed by atoms with E-state index in [1.807, 2.05) is 38.2 Å². The van der Waals surface area contributed by atoms with Gasteiger partial charge in [0.1, 0.15) is 0 Å². The molecular weight excluding hydrogens is 250 g/mol. The first kappa shape index (κ1) is 16.7. The highest BCUT2D eigenvalue weighted by Crippen LogP contribution is 2.21. The van der Waals surface area contributed by atoms with Gasteiger partial charge in [-0.05, 0) is 45.9 Å². The number of para-hydroxylation sites is 1. The number of anilines is 1. The normalized spacial score (nSPS) is 13.3. The fourth-order valence-corrected chi connectivity index (χ4v) is 2.01. The Kier molecular flexibility index (Phi) is 5.72. The van der Waals surface area contributed by atoms with Crippen molar-refractivity contribution in [2.24, 2.45) is 5.73 Å². The number of carbonyl (C=O) groups is 1. The van der Waals surface area contributed by atoms with E-state index in [-0.39, 0.29) is 17.5 Å². The molecule has 0 aliphatic carbocycles. The first-order chi connectivity index (χ1) is 9.33. The number of hydrogen-bond donors (Lipinski definition) is 2. The van der Waals surface area contributed by atoms with Crippen LogP contribution in [0, 0.1) is 0 Å². The van der Waals surface area contributed by atoms with E-state index < -0.39 is 0 Å². The van der Waals surface area contributed by atoms with Crippen molar-refractivity contribution in [2.45, 2.75) is 52.2 Å². The second-order valence-electron chi connectivity index (χ2n) is 5.80. The highest BCUT2D eigenvalue weighted by molar-refractivity contribution is 5.95. The maximum Gasteiger partial charge on any atom is 0.241 e. The average Bonchev–Trinajstić information content (AvgIpc) is 2.46. The summed E-state index contributed by atoms with van der Waals surface area (Å²) in [4.78, 5) is 14.5. The lowest BCUT2D eigenvalue weighted by Crippen LogP contribution is -2.50. The Balaban J connectivity index is 2.81. The van der Waals surface area contributed by atoms with Crippen LogP contribution in [-0.2, 0) is 11.3 Å². The summed E-state index contributed by atoms with van der Waals surface area (Å²) in [6.45, 7) is 8.76. The summed E-state index contributed by atoms with van der Waals surface area (Å²) in [5.41, 5.74) is 7.43. The SMILES string of the molecule is CCC(C)(C)N(C)C(C)C(=O)Nc1ccccc1CN. The Morgan fingerprint density at radius 2 is 2.00 bits per heavy atom. The van der Waals surface area contributed by atoms with Gasteiger partial charge < -0.3 is 11.1 Å². The van der Waals surface area contributed by atoms with Crippen LogP contribution in [0.3, 0.4) is 0 Å². The van der Waals surface area contributed by atoms with E-state index in [2.05, 4.69) is 31.0 Å². The molecule has 0 saturated heterocycles. The number of rotatable bonds is 6. The molecule has 0 saturated carbocycles. The van der Waals surface area contributed by atoms with E-state index in [0.717, 1.165) is 17.7 Å². The molecule has 1 atom stereocenters. The molecule has 1 rings (SSSR count). The minimum absolute atomic E-state index is 0.00470. The van der Waals surface area contributed by atoms with Crippen molar-refractivity contribution in [3.8, 4) is 0 Å². The number of amides is 1. The van der Waals surface area contributed by atoms with Gasteiger partial charge in [0.25, 0.3) is 0 Å². The standard InChI is InChI=1S/C16H27N3O/c1-6-16(3,4)19(5)12(2)15(20)18-14-10-8-7-9-13(14)11-17/h7-10,12H,6,11,17H2,1-5H3,(H,18,20). The Morgan fingerprint density at radius 3 is 2.55 bits per heavy atom. The molecule has 0 bridgehead atoms. The molecule has 4 nitrogen and oxygen atoms in total. The minimum Gasteiger partial charge on any atom is -0.326 e. The molecule has 20 heavy (non-hydrogen) atoms. The number of nitrogens with two attached hydrogens (primary N) is 1. The molecule has 0 aliphatic rings. The van der Waals surface area contributed by atoms with E-state index in [1.54, 1.807) is 0 Å². The summed E-state index contributed by atoms with van der Waals surface area (Å²) in [7, 11) is 1.99. The topological polar surface area (TPSA) is 58.4 Å². The predicted molar refractivity (Wildman–Crippen MR) is 84.6 cm³/mol. The van der Waals surface area contributed by atoms with Crippen LogP contribution in [0.1, 0.15) is 39.7 Å². The van der Waals surface area contributed by atoms with Crippen LogP contribution in [0.15, 0.2) is 24.3 Å². The third kappa shape index (κ3) is 3.81. The quantitative estimate of drug-likeness (QED) is 0.840. The van der Waals surface area contributed by atoms with Gasteiger partial charge in [0.05, 0.1) is 6.04 Å². The number of hydrogen-bond acceptors (Lipinski definition) is 3. The van der Waals surface area contributed by atoms with E-state index in [9.17, 15) is 4.79 Å². The number of nitrogens with zero attached hydrogens (tertiary/aromatic N) is 1. The summed E-state index contributed by atoms with van der Waals surface area (Å²) >= 11 is 0. The number of nitrogens with one attached hydrogen (secondary N) is 1. The molecule has 1 aromatic carbocycles. The van der Waals surface area contributed by atoms with Crippen LogP contribution in [0.25, 0.3) is 0 Å². The first-order valence-electron chi connectivity index (χ1n) is 7.15. The molecule has 0 fully saturated rings. The smallest absolute Gasteiger partial charge is 0.241 e. The van der Waals surface area contributed by atoms with E-state index >= 15 is 0 Å². The monoisotopic (exact) mass is 277 g/mol. The van der Waals surface area contributed by atoms with Gasteiger partial charge in [0.2, 0.25) is 5.91 Å². The van der Waals surface area contributed by atoms with Crippen molar-refractivity contribution in [3.63, 3.8) is 0 Å². The fraction of sp³-hybridized carbons (Fsp3) is 0.562. The third-order valence-corrected chi connectivity index (χ3v) is 4.28. The lowest BCUT2D eigenvalue weighted by Gasteiger charge is -2.38. The highest BCUT2D eigenvalue weighted by Gasteiger charge is 2.29. The maximum atomic E-state index is 12.4. The molecule has 1 aromatic rings. The molecule has 112 valence electrons. The minimum atomic E-state index is -0.198. The largest absolute Gasteiger partial charge is 0.326 e. The number of carbonyl (C=O) groups excluding carboxylic acids is 1. The van der Waals surface area contributed by atoms with Crippen LogP contribution in [0.2, 0.25) is 0 Å². The summed E-state index contributed by atoms with van der Waals surface area (Å²) in [6, 6.07) is 7.44. The summed E-state index contributed by atoms with van der Waals surface area (Å²) in [6.07, 6.45) is 0.987. The fourth-order valence-electron chi connectivity index (χ4n) is 2.01. The second-order valence-corrected chi connectivity index (χ2v) is 5.80. The van der Waals surface area contributed by atoms with Crippen LogP contribution in [0.4, 0.5) is 5.69 Å². The Morgan fingerprint density at radius 1 is 1.40 bits per heavy atom. The van der Waals surface area contributed by atoms with Gasteiger partial charge in [-0.25, -0.2) is 0 Å². The molecule has 0 spiro atoms. The molecule has 3 N–H and O–H groups in total. The molecule has 1 unspecified atom stereocenters. The molecular formula is C16H27N3O. The molecule has 1 amide bonds. The van der Waals surface area contributed by atoms with Gasteiger partial charge in [-0.15, -0.1) is 0 Å². The van der Waals surface area contributed by atoms with Gasteiger partial charge in [0.15, 0.2) is 0 Å². The summed E-state index contributed by atoms with van der Waals surface area (Å²) in [5.74, 6) is -0.00470. The molecule has 4 heteroatoms. The maximum absolute atomic E-state index is 12.4. The Labute approximate surface area is 122 Å². The Bertz CT molecular complexity index is 457. The van der Waals surface area contributed by atoms with Crippen molar-refractivity contribution < 1.29 is 4.79 Å². The van der Waals surface area contributed by atoms with Crippen LogP contribution in [0.5, 0.6) is 0 Å². The predicted octanol–water partition coefficient (Wildman–Crippen LogP) is 2.59. The lowest BCUT2D eigenvalue weighted by molar-refractivity contribution is -0.122. The molecule has 0 aromatic heterocycles. The van der Waals surface area contributed by atoms with E-state index in [1.165, 1.54) is 0 Å². The molecule has 0 radical (unpaired) electrons. The summed E-state index contributed by atoms with van der Waals surface area (Å²) in [5, 5.41) is 2.98. The Hall–Kier alpha value is -1.39. The van der Waals surface area contributed by atoms with Gasteiger partial charge >= 0.3 is 0 Å². The zero-order valence-corrected chi connectivity index (χ0v) is 13.2. The van der Waals surface area contributed by atoms with Crippen LogP contribution in [-0.4, -0.2) is 29.4 Å². The van der Waals surface area contributed by atoms with E-state index in [0.29, 0.717) is 6.54 Å². The van der Waals surface area contributed by atoms with Crippen molar-refractivity contribution in [2.75, 3.05) is 12.4 Å². The van der Waals surface area contributed by atoms with Crippen molar-refractivity contribution >= 4 is 11.6 Å². The van der Waals surface area contributed by atoms with Gasteiger partial charge in [-0.3, -0.25) is 9.69 Å². The number of benzene rings is 1. The number of likely N-dealkylation sites (N-methyl/N-ethyl adjacent to an activating group) is 1. The third-order valence-electron chi connectivity index (χ3n) is 4.28. The second kappa shape index (κ2) is 6.86. The zero-order chi connectivity index (χ0) is 15.3. The van der Waals surface area contributed by atoms with E-state index in [4.69, 9.17) is 5.73 Å². The van der Waals surface area contributed by atoms with Gasteiger partial charge in [0, 0.05) is 17.8 Å². The highest BCUT2D eigenvalue weighted by atomic mass is 16.2. The van der Waals surface area contributed by atoms with Crippen LogP contribution < -0.4 is 11.1 Å². The lowest BCUT2D eigenvalue weighted by atomic mass is 9.98. The van der Waals surface area contributed by atoms with Crippen molar-refractivity contribution in [3.05, 3.63) is 29.8 Å². The zero-order valence-electron chi connectivity index (χ0n) is 13.2. The van der Waals surface area contributed by atoms with Crippen molar-refractivity contribution in [1.82, 2.24) is 4.90 Å². The molecule has 0 aliphatic heterocycles. The molecule has 0 heterocycles.